The van der Waals surface area contributed by atoms with Crippen LogP contribution in [0.25, 0.3) is 0 Å². The summed E-state index contributed by atoms with van der Waals surface area (Å²) in [4.78, 5) is 35.6. The standard InChI is InChI=1S/C44H79O13P/c1-3-5-7-9-11-13-15-16-17-18-19-20-21-22-23-25-27-29-31-33-38(46)56-36(34-54-37(45)32-30-28-26-24-14-12-10-8-6-4-2)35-55-58(52,53)57-44-42(50)40(48)39(47)41(49)43(44)51/h8,10-11,13,16-17,36,39-44,47-51H,3-7,9,12,14-15,18-35H2,1-2H3,(H,52,53)/b10-8-,13-11-,17-16-. The minimum Gasteiger partial charge on any atom is -0.462 e. The van der Waals surface area contributed by atoms with Gasteiger partial charge in [0.05, 0.1) is 6.61 Å². The number of ether oxygens (including phenoxy) is 2. The zero-order chi connectivity index (χ0) is 42.9. The first-order valence-corrected chi connectivity index (χ1v) is 23.8. The van der Waals surface area contributed by atoms with Crippen molar-refractivity contribution in [2.45, 2.75) is 217 Å². The first-order valence-electron chi connectivity index (χ1n) is 22.3. The molecule has 0 aromatic heterocycles. The van der Waals surface area contributed by atoms with Crippen LogP contribution in [-0.4, -0.2) is 98.3 Å². The number of esters is 2. The third kappa shape index (κ3) is 27.0. The number of hydrogen-bond donors (Lipinski definition) is 6. The van der Waals surface area contributed by atoms with Gasteiger partial charge in [0.25, 0.3) is 0 Å². The van der Waals surface area contributed by atoms with Crippen molar-refractivity contribution < 1.29 is 63.1 Å². The fourth-order valence-corrected chi connectivity index (χ4v) is 7.53. The number of phosphoric acid groups is 1. The summed E-state index contributed by atoms with van der Waals surface area (Å²) in [5.74, 6) is -1.12. The summed E-state index contributed by atoms with van der Waals surface area (Å²) in [6.45, 7) is 3.19. The molecule has 13 nitrogen and oxygen atoms in total. The summed E-state index contributed by atoms with van der Waals surface area (Å²) < 4.78 is 33.4. The summed E-state index contributed by atoms with van der Waals surface area (Å²) in [6, 6.07) is 0. The van der Waals surface area contributed by atoms with Crippen molar-refractivity contribution in [2.24, 2.45) is 0 Å². The maximum atomic E-state index is 12.8. The molecule has 1 saturated carbocycles. The fourth-order valence-electron chi connectivity index (χ4n) is 6.55. The van der Waals surface area contributed by atoms with Crippen LogP contribution < -0.4 is 0 Å². The lowest BCUT2D eigenvalue weighted by Gasteiger charge is -2.41. The molecule has 0 amide bonds. The number of carbonyl (C=O) groups excluding carboxylic acids is 2. The number of rotatable bonds is 36. The highest BCUT2D eigenvalue weighted by atomic mass is 31.2. The van der Waals surface area contributed by atoms with E-state index in [4.69, 9.17) is 18.5 Å². The highest BCUT2D eigenvalue weighted by molar-refractivity contribution is 7.47. The van der Waals surface area contributed by atoms with Crippen LogP contribution in [0, 0.1) is 0 Å². The van der Waals surface area contributed by atoms with Crippen LogP contribution in [0.1, 0.15) is 174 Å². The van der Waals surface area contributed by atoms with Gasteiger partial charge in [-0.05, 0) is 64.2 Å². The van der Waals surface area contributed by atoms with E-state index in [9.17, 15) is 44.6 Å². The van der Waals surface area contributed by atoms with E-state index in [0.29, 0.717) is 12.8 Å². The minimum atomic E-state index is -5.12. The van der Waals surface area contributed by atoms with Gasteiger partial charge < -0.3 is 39.9 Å². The Kier molecular flexibility index (Phi) is 32.4. The quantitative estimate of drug-likeness (QED) is 0.0152. The zero-order valence-corrected chi connectivity index (χ0v) is 36.5. The van der Waals surface area contributed by atoms with Crippen molar-refractivity contribution >= 4 is 19.8 Å². The van der Waals surface area contributed by atoms with E-state index in [1.54, 1.807) is 0 Å². The maximum absolute atomic E-state index is 12.8. The average molecular weight is 847 g/mol. The van der Waals surface area contributed by atoms with Gasteiger partial charge in [-0.25, -0.2) is 4.57 Å². The Morgan fingerprint density at radius 2 is 0.966 bits per heavy atom. The second kappa shape index (κ2) is 34.7. The van der Waals surface area contributed by atoms with Gasteiger partial charge in [0, 0.05) is 12.8 Å². The van der Waals surface area contributed by atoms with E-state index in [0.717, 1.165) is 83.5 Å². The molecule has 0 aromatic rings. The Hall–Kier alpha value is -1.93. The molecule has 14 heteroatoms. The molecule has 0 saturated heterocycles. The Labute approximate surface area is 348 Å². The lowest BCUT2D eigenvalue weighted by atomic mass is 9.85. The van der Waals surface area contributed by atoms with Gasteiger partial charge in [-0.2, -0.15) is 0 Å². The van der Waals surface area contributed by atoms with E-state index < -0.39 is 75.7 Å². The molecule has 338 valence electrons. The Bertz CT molecular complexity index is 1160. The number of allylic oxidation sites excluding steroid dienone is 6. The van der Waals surface area contributed by atoms with Crippen LogP contribution in [-0.2, 0) is 32.7 Å². The third-order valence-electron chi connectivity index (χ3n) is 10.2. The van der Waals surface area contributed by atoms with E-state index >= 15 is 0 Å². The SMILES string of the molecule is CCC/C=C\CCCCCCCC(=O)OCC(COP(=O)(O)OC1C(O)C(O)C(O)C(O)C1O)OC(=O)CCCCCCCCCCC/C=C\C/C=C\CCCCC. The number of aliphatic hydroxyl groups is 5. The lowest BCUT2D eigenvalue weighted by Crippen LogP contribution is -2.64. The molecule has 58 heavy (non-hydrogen) atoms. The van der Waals surface area contributed by atoms with Crippen LogP contribution in [0.3, 0.4) is 0 Å². The molecule has 6 atom stereocenters. The van der Waals surface area contributed by atoms with Gasteiger partial charge in [0.15, 0.2) is 6.10 Å². The Morgan fingerprint density at radius 3 is 1.48 bits per heavy atom. The molecule has 0 radical (unpaired) electrons. The highest BCUT2D eigenvalue weighted by Gasteiger charge is 2.51. The number of carbonyl (C=O) groups is 2. The second-order valence-corrected chi connectivity index (χ2v) is 16.9. The zero-order valence-electron chi connectivity index (χ0n) is 35.6. The lowest BCUT2D eigenvalue weighted by molar-refractivity contribution is -0.220. The first-order chi connectivity index (χ1) is 27.9. The van der Waals surface area contributed by atoms with Gasteiger partial charge in [0.2, 0.25) is 0 Å². The molecular formula is C44H79O13P. The number of hydrogen-bond acceptors (Lipinski definition) is 12. The average Bonchev–Trinajstić information content (AvgIpc) is 3.20. The molecule has 0 spiro atoms. The minimum absolute atomic E-state index is 0.0901. The molecule has 1 aliphatic carbocycles. The molecule has 1 fully saturated rings. The fraction of sp³-hybridized carbons (Fsp3) is 0.818. The van der Waals surface area contributed by atoms with Gasteiger partial charge in [-0.3, -0.25) is 18.6 Å². The summed E-state index contributed by atoms with van der Waals surface area (Å²) in [5, 5.41) is 50.0. The molecule has 1 aliphatic rings. The number of aliphatic hydroxyl groups excluding tert-OH is 5. The van der Waals surface area contributed by atoms with E-state index in [-0.39, 0.29) is 12.8 Å². The smallest absolute Gasteiger partial charge is 0.462 e. The van der Waals surface area contributed by atoms with Crippen molar-refractivity contribution in [2.75, 3.05) is 13.2 Å². The van der Waals surface area contributed by atoms with Gasteiger partial charge in [-0.15, -0.1) is 0 Å². The van der Waals surface area contributed by atoms with Crippen molar-refractivity contribution in [3.63, 3.8) is 0 Å². The predicted molar refractivity (Wildman–Crippen MR) is 226 cm³/mol. The first kappa shape index (κ1) is 54.1. The topological polar surface area (TPSA) is 210 Å². The van der Waals surface area contributed by atoms with Gasteiger partial charge >= 0.3 is 19.8 Å². The second-order valence-electron chi connectivity index (χ2n) is 15.5. The summed E-state index contributed by atoms with van der Waals surface area (Å²) in [6.07, 6.45) is 25.0. The highest BCUT2D eigenvalue weighted by Crippen LogP contribution is 2.47. The van der Waals surface area contributed by atoms with E-state index in [1.807, 2.05) is 0 Å². The van der Waals surface area contributed by atoms with Crippen molar-refractivity contribution in [3.8, 4) is 0 Å². The summed E-state index contributed by atoms with van der Waals surface area (Å²) in [7, 11) is -5.12. The van der Waals surface area contributed by atoms with E-state index in [2.05, 4.69) is 50.3 Å². The van der Waals surface area contributed by atoms with Crippen LogP contribution >= 0.6 is 7.82 Å². The third-order valence-corrected chi connectivity index (χ3v) is 11.2. The Morgan fingerprint density at radius 1 is 0.534 bits per heavy atom. The number of unbranched alkanes of at least 4 members (excludes halogenated alkanes) is 18. The molecule has 6 N–H and O–H groups in total. The van der Waals surface area contributed by atoms with E-state index in [1.165, 1.54) is 51.4 Å². The molecule has 0 aromatic carbocycles. The van der Waals surface area contributed by atoms with Crippen LogP contribution in [0.15, 0.2) is 36.5 Å². The van der Waals surface area contributed by atoms with Gasteiger partial charge in [-0.1, -0.05) is 134 Å². The summed E-state index contributed by atoms with van der Waals surface area (Å²) in [5.41, 5.74) is 0. The monoisotopic (exact) mass is 847 g/mol. The predicted octanol–water partition coefficient (Wildman–Crippen LogP) is 8.22. The largest absolute Gasteiger partial charge is 0.472 e. The normalized spacial score (nSPS) is 22.8. The maximum Gasteiger partial charge on any atom is 0.472 e. The van der Waals surface area contributed by atoms with Gasteiger partial charge in [0.1, 0.15) is 43.2 Å². The molecule has 0 heterocycles. The molecular weight excluding hydrogens is 767 g/mol. The summed E-state index contributed by atoms with van der Waals surface area (Å²) >= 11 is 0. The van der Waals surface area contributed by atoms with Crippen LogP contribution in [0.5, 0.6) is 0 Å². The molecule has 0 aliphatic heterocycles. The number of phosphoric ester groups is 1. The van der Waals surface area contributed by atoms with Crippen molar-refractivity contribution in [1.29, 1.82) is 0 Å². The van der Waals surface area contributed by atoms with Crippen LogP contribution in [0.2, 0.25) is 0 Å². The Balaban J connectivity index is 2.45. The van der Waals surface area contributed by atoms with Crippen molar-refractivity contribution in [3.05, 3.63) is 36.5 Å². The molecule has 1 rings (SSSR count). The molecule has 0 bridgehead atoms. The van der Waals surface area contributed by atoms with Crippen molar-refractivity contribution in [1.82, 2.24) is 0 Å². The molecule has 6 unspecified atom stereocenters. The van der Waals surface area contributed by atoms with Crippen LogP contribution in [0.4, 0.5) is 0 Å².